The van der Waals surface area contributed by atoms with Crippen LogP contribution >= 0.6 is 0 Å². The third kappa shape index (κ3) is 2.50. The van der Waals surface area contributed by atoms with Gasteiger partial charge in [0.1, 0.15) is 5.75 Å². The number of nitrogens with two attached hydrogens (primary N) is 1. The van der Waals surface area contributed by atoms with Gasteiger partial charge in [0.15, 0.2) is 5.78 Å². The van der Waals surface area contributed by atoms with Crippen molar-refractivity contribution in [1.29, 1.82) is 0 Å². The lowest BCUT2D eigenvalue weighted by Gasteiger charge is -2.37. The van der Waals surface area contributed by atoms with Crippen LogP contribution in [0.2, 0.25) is 0 Å². The molecule has 1 aliphatic rings. The molecule has 0 aromatic heterocycles. The first-order valence-electron chi connectivity index (χ1n) is 6.01. The van der Waals surface area contributed by atoms with E-state index in [2.05, 4.69) is 0 Å². The highest BCUT2D eigenvalue weighted by molar-refractivity contribution is 5.99. The van der Waals surface area contributed by atoms with E-state index in [-0.39, 0.29) is 11.3 Å². The summed E-state index contributed by atoms with van der Waals surface area (Å²) in [5.41, 5.74) is 7.56. The molecule has 0 heterocycles. The van der Waals surface area contributed by atoms with Crippen molar-refractivity contribution in [3.05, 3.63) is 29.3 Å². The fraction of sp³-hybridized carbons (Fsp3) is 0.500. The number of methoxy groups -OCH3 is 1. The highest BCUT2D eigenvalue weighted by Gasteiger charge is 2.35. The van der Waals surface area contributed by atoms with Gasteiger partial charge in [-0.3, -0.25) is 4.79 Å². The number of benzene rings is 1. The van der Waals surface area contributed by atoms with Crippen LogP contribution in [0.4, 0.5) is 0 Å². The van der Waals surface area contributed by atoms with Crippen molar-refractivity contribution in [2.45, 2.75) is 38.1 Å². The Hall–Kier alpha value is -1.35. The largest absolute Gasteiger partial charge is 0.496 e. The lowest BCUT2D eigenvalue weighted by molar-refractivity contribution is 0.0909. The van der Waals surface area contributed by atoms with Gasteiger partial charge in [-0.1, -0.05) is 11.6 Å². The van der Waals surface area contributed by atoms with Gasteiger partial charge < -0.3 is 10.5 Å². The third-order valence-electron chi connectivity index (χ3n) is 3.52. The van der Waals surface area contributed by atoms with Crippen LogP contribution < -0.4 is 10.5 Å². The predicted molar refractivity (Wildman–Crippen MR) is 67.4 cm³/mol. The van der Waals surface area contributed by atoms with Gasteiger partial charge in [-0.2, -0.15) is 0 Å². The third-order valence-corrected chi connectivity index (χ3v) is 3.52. The van der Waals surface area contributed by atoms with E-state index in [1.54, 1.807) is 7.11 Å². The number of hydrogen-bond acceptors (Lipinski definition) is 3. The van der Waals surface area contributed by atoms with E-state index in [1.165, 1.54) is 0 Å². The van der Waals surface area contributed by atoms with Gasteiger partial charge in [0, 0.05) is 12.0 Å². The lowest BCUT2D eigenvalue weighted by Crippen LogP contribution is -2.48. The van der Waals surface area contributed by atoms with Gasteiger partial charge in [-0.15, -0.1) is 0 Å². The first-order valence-corrected chi connectivity index (χ1v) is 6.01. The summed E-state index contributed by atoms with van der Waals surface area (Å²) >= 11 is 0. The van der Waals surface area contributed by atoms with E-state index in [0.29, 0.717) is 17.7 Å². The molecule has 2 rings (SSSR count). The molecule has 0 radical (unpaired) electrons. The average molecular weight is 233 g/mol. The SMILES string of the molecule is COc1ccc(C)cc1C(=O)CC1(N)CCC1. The topological polar surface area (TPSA) is 52.3 Å². The Bertz CT molecular complexity index is 436. The lowest BCUT2D eigenvalue weighted by atomic mass is 9.73. The highest BCUT2D eigenvalue weighted by Crippen LogP contribution is 2.34. The second-order valence-corrected chi connectivity index (χ2v) is 5.02. The molecule has 0 spiro atoms. The van der Waals surface area contributed by atoms with Crippen LogP contribution in [0, 0.1) is 6.92 Å². The van der Waals surface area contributed by atoms with Crippen molar-refractivity contribution in [2.75, 3.05) is 7.11 Å². The number of aryl methyl sites for hydroxylation is 1. The van der Waals surface area contributed by atoms with Crippen LogP contribution in [-0.4, -0.2) is 18.4 Å². The summed E-state index contributed by atoms with van der Waals surface area (Å²) in [6, 6.07) is 5.66. The molecule has 0 saturated heterocycles. The quantitative estimate of drug-likeness (QED) is 0.813. The van der Waals surface area contributed by atoms with Crippen molar-refractivity contribution in [2.24, 2.45) is 5.73 Å². The van der Waals surface area contributed by atoms with Gasteiger partial charge in [0.25, 0.3) is 0 Å². The van der Waals surface area contributed by atoms with Crippen LogP contribution in [0.3, 0.4) is 0 Å². The van der Waals surface area contributed by atoms with E-state index < -0.39 is 0 Å². The molecule has 17 heavy (non-hydrogen) atoms. The summed E-state index contributed by atoms with van der Waals surface area (Å²) in [6.07, 6.45) is 3.46. The summed E-state index contributed by atoms with van der Waals surface area (Å²) in [5.74, 6) is 0.733. The summed E-state index contributed by atoms with van der Waals surface area (Å²) in [7, 11) is 1.59. The zero-order chi connectivity index (χ0) is 12.5. The van der Waals surface area contributed by atoms with E-state index in [1.807, 2.05) is 25.1 Å². The molecule has 92 valence electrons. The van der Waals surface area contributed by atoms with Crippen molar-refractivity contribution < 1.29 is 9.53 Å². The number of carbonyl (C=O) groups excluding carboxylic acids is 1. The number of Topliss-reactive ketones (excluding diaryl/α,β-unsaturated/α-hetero) is 1. The van der Waals surface area contributed by atoms with Gasteiger partial charge in [-0.05, 0) is 38.3 Å². The van der Waals surface area contributed by atoms with Gasteiger partial charge in [-0.25, -0.2) is 0 Å². The Labute approximate surface area is 102 Å². The van der Waals surface area contributed by atoms with Crippen LogP contribution in [0.1, 0.15) is 41.6 Å². The molecule has 1 aromatic carbocycles. The Morgan fingerprint density at radius 2 is 2.18 bits per heavy atom. The monoisotopic (exact) mass is 233 g/mol. The fourth-order valence-electron chi connectivity index (χ4n) is 2.26. The minimum atomic E-state index is -0.272. The van der Waals surface area contributed by atoms with Gasteiger partial charge in [0.2, 0.25) is 0 Å². The van der Waals surface area contributed by atoms with Crippen LogP contribution in [0.15, 0.2) is 18.2 Å². The highest BCUT2D eigenvalue weighted by atomic mass is 16.5. The Balaban J connectivity index is 2.20. The number of ether oxygens (including phenoxy) is 1. The molecule has 3 heteroatoms. The molecule has 2 N–H and O–H groups in total. The molecule has 1 aromatic rings. The van der Waals surface area contributed by atoms with Gasteiger partial charge in [0.05, 0.1) is 12.7 Å². The van der Waals surface area contributed by atoms with Crippen LogP contribution in [-0.2, 0) is 0 Å². The molecule has 0 amide bonds. The van der Waals surface area contributed by atoms with E-state index in [0.717, 1.165) is 24.8 Å². The molecule has 0 unspecified atom stereocenters. The van der Waals surface area contributed by atoms with E-state index >= 15 is 0 Å². The van der Waals surface area contributed by atoms with Crippen LogP contribution in [0.5, 0.6) is 5.75 Å². The molecule has 0 bridgehead atoms. The van der Waals surface area contributed by atoms with Gasteiger partial charge >= 0.3 is 0 Å². The van der Waals surface area contributed by atoms with E-state index in [9.17, 15) is 4.79 Å². The Kier molecular flexibility index (Phi) is 3.20. The summed E-state index contributed by atoms with van der Waals surface area (Å²) in [5, 5.41) is 0. The molecule has 0 atom stereocenters. The predicted octanol–water partition coefficient (Wildman–Crippen LogP) is 2.46. The number of hydrogen-bond donors (Lipinski definition) is 1. The minimum absolute atomic E-state index is 0.0905. The zero-order valence-corrected chi connectivity index (χ0v) is 10.5. The molecule has 1 fully saturated rings. The summed E-state index contributed by atoms with van der Waals surface area (Å²) < 4.78 is 5.23. The average Bonchev–Trinajstić information content (AvgIpc) is 2.26. The molecule has 1 aliphatic carbocycles. The second-order valence-electron chi connectivity index (χ2n) is 5.02. The maximum Gasteiger partial charge on any atom is 0.168 e. The zero-order valence-electron chi connectivity index (χ0n) is 10.5. The summed E-state index contributed by atoms with van der Waals surface area (Å²) in [4.78, 5) is 12.2. The number of carbonyl (C=O) groups is 1. The Morgan fingerprint density at radius 3 is 2.71 bits per heavy atom. The van der Waals surface area contributed by atoms with Crippen LogP contribution in [0.25, 0.3) is 0 Å². The fourth-order valence-corrected chi connectivity index (χ4v) is 2.26. The smallest absolute Gasteiger partial charge is 0.168 e. The van der Waals surface area contributed by atoms with Crippen molar-refractivity contribution in [3.8, 4) is 5.75 Å². The molecule has 1 saturated carbocycles. The van der Waals surface area contributed by atoms with E-state index in [4.69, 9.17) is 10.5 Å². The first-order chi connectivity index (χ1) is 8.04. The van der Waals surface area contributed by atoms with Crippen molar-refractivity contribution in [1.82, 2.24) is 0 Å². The summed E-state index contributed by atoms with van der Waals surface area (Å²) in [6.45, 7) is 1.97. The maximum absolute atomic E-state index is 12.2. The number of ketones is 1. The standard InChI is InChI=1S/C14H19NO2/c1-10-4-5-13(17-2)11(8-10)12(16)9-14(15)6-3-7-14/h4-5,8H,3,6-7,9,15H2,1-2H3. The number of rotatable bonds is 4. The molecular formula is C14H19NO2. The molecule has 0 aliphatic heterocycles. The maximum atomic E-state index is 12.2. The normalized spacial score (nSPS) is 17.4. The van der Waals surface area contributed by atoms with Crippen molar-refractivity contribution >= 4 is 5.78 Å². The minimum Gasteiger partial charge on any atom is -0.496 e. The first kappa shape index (κ1) is 12.1. The molecule has 3 nitrogen and oxygen atoms in total. The Morgan fingerprint density at radius 1 is 1.47 bits per heavy atom. The second kappa shape index (κ2) is 4.49. The molecular weight excluding hydrogens is 214 g/mol. The van der Waals surface area contributed by atoms with Crippen molar-refractivity contribution in [3.63, 3.8) is 0 Å².